The second-order valence-corrected chi connectivity index (χ2v) is 5.91. The Morgan fingerprint density at radius 2 is 1.80 bits per heavy atom. The van der Waals surface area contributed by atoms with Crippen molar-refractivity contribution in [2.24, 2.45) is 5.10 Å². The summed E-state index contributed by atoms with van der Waals surface area (Å²) in [5.41, 5.74) is 3.72. The van der Waals surface area contributed by atoms with E-state index in [1.54, 1.807) is 36.4 Å². The third-order valence-corrected chi connectivity index (χ3v) is 3.55. The average molecular weight is 406 g/mol. The molecule has 0 aromatic heterocycles. The number of benzene rings is 2. The summed E-state index contributed by atoms with van der Waals surface area (Å²) in [5, 5.41) is 15.3. The second-order valence-electron chi connectivity index (χ2n) is 5.00. The number of rotatable bonds is 6. The van der Waals surface area contributed by atoms with Gasteiger partial charge in [-0.05, 0) is 61.0 Å². The SMILES string of the molecule is C[C@H](Oc1ccc(/C=N/NC(=O)Nc2ccc(Br)cc2)cc1)C(=O)O. The molecule has 2 aromatic carbocycles. The zero-order valence-corrected chi connectivity index (χ0v) is 14.9. The van der Waals surface area contributed by atoms with E-state index in [1.165, 1.54) is 13.1 Å². The molecular formula is C17H16BrN3O4. The van der Waals surface area contributed by atoms with Gasteiger partial charge in [-0.15, -0.1) is 0 Å². The molecule has 0 unspecified atom stereocenters. The number of halogens is 1. The Morgan fingerprint density at radius 1 is 1.16 bits per heavy atom. The molecule has 0 fully saturated rings. The fourth-order valence-electron chi connectivity index (χ4n) is 1.74. The molecule has 0 saturated heterocycles. The average Bonchev–Trinajstić information content (AvgIpc) is 2.58. The van der Waals surface area contributed by atoms with Gasteiger partial charge in [-0.1, -0.05) is 15.9 Å². The number of ether oxygens (including phenoxy) is 1. The topological polar surface area (TPSA) is 100 Å². The first kappa shape index (κ1) is 18.5. The van der Waals surface area contributed by atoms with Crippen LogP contribution < -0.4 is 15.5 Å². The molecule has 0 saturated carbocycles. The predicted molar refractivity (Wildman–Crippen MR) is 98.1 cm³/mol. The molecule has 0 aliphatic rings. The van der Waals surface area contributed by atoms with E-state index in [0.29, 0.717) is 11.4 Å². The molecule has 0 aliphatic carbocycles. The quantitative estimate of drug-likeness (QED) is 0.505. The number of hydrogen-bond acceptors (Lipinski definition) is 4. The highest BCUT2D eigenvalue weighted by atomic mass is 79.9. The van der Waals surface area contributed by atoms with Crippen molar-refractivity contribution in [3.63, 3.8) is 0 Å². The minimum Gasteiger partial charge on any atom is -0.479 e. The Morgan fingerprint density at radius 3 is 2.40 bits per heavy atom. The number of carboxylic acid groups (broad SMARTS) is 1. The molecular weight excluding hydrogens is 390 g/mol. The van der Waals surface area contributed by atoms with Gasteiger partial charge >= 0.3 is 12.0 Å². The number of nitrogens with zero attached hydrogens (tertiary/aromatic N) is 1. The number of urea groups is 1. The van der Waals surface area contributed by atoms with Crippen molar-refractivity contribution in [3.8, 4) is 5.75 Å². The summed E-state index contributed by atoms with van der Waals surface area (Å²) in [6.07, 6.45) is 0.537. The lowest BCUT2D eigenvalue weighted by atomic mass is 10.2. The zero-order chi connectivity index (χ0) is 18.2. The first-order valence-electron chi connectivity index (χ1n) is 7.29. The minimum atomic E-state index is -1.04. The van der Waals surface area contributed by atoms with Crippen molar-refractivity contribution in [3.05, 3.63) is 58.6 Å². The van der Waals surface area contributed by atoms with E-state index in [9.17, 15) is 9.59 Å². The van der Waals surface area contributed by atoms with Crippen LogP contribution in [0.4, 0.5) is 10.5 Å². The third kappa shape index (κ3) is 6.27. The zero-order valence-electron chi connectivity index (χ0n) is 13.3. The van der Waals surface area contributed by atoms with E-state index >= 15 is 0 Å². The molecule has 8 heteroatoms. The van der Waals surface area contributed by atoms with Gasteiger partial charge in [0.15, 0.2) is 6.10 Å². The Balaban J connectivity index is 1.83. The van der Waals surface area contributed by atoms with Gasteiger partial charge in [0.05, 0.1) is 6.21 Å². The molecule has 0 heterocycles. The summed E-state index contributed by atoms with van der Waals surface area (Å²) in [6.45, 7) is 1.45. The highest BCUT2D eigenvalue weighted by Gasteiger charge is 2.11. The van der Waals surface area contributed by atoms with Crippen LogP contribution in [0, 0.1) is 0 Å². The van der Waals surface area contributed by atoms with Crippen molar-refractivity contribution in [2.75, 3.05) is 5.32 Å². The number of carbonyl (C=O) groups excluding carboxylic acids is 1. The van der Waals surface area contributed by atoms with Gasteiger partial charge in [-0.3, -0.25) is 0 Å². The van der Waals surface area contributed by atoms with Crippen LogP contribution in [0.25, 0.3) is 0 Å². The predicted octanol–water partition coefficient (Wildman–Crippen LogP) is 3.46. The summed E-state index contributed by atoms with van der Waals surface area (Å²) >= 11 is 3.31. The van der Waals surface area contributed by atoms with Crippen molar-refractivity contribution < 1.29 is 19.4 Å². The first-order valence-corrected chi connectivity index (χ1v) is 8.08. The molecule has 2 amide bonds. The van der Waals surface area contributed by atoms with Crippen LogP contribution in [0.15, 0.2) is 58.1 Å². The Bertz CT molecular complexity index is 760. The van der Waals surface area contributed by atoms with E-state index in [1.807, 2.05) is 12.1 Å². The van der Waals surface area contributed by atoms with Gasteiger partial charge in [0.2, 0.25) is 0 Å². The molecule has 130 valence electrons. The van der Waals surface area contributed by atoms with Gasteiger partial charge in [-0.25, -0.2) is 15.0 Å². The van der Waals surface area contributed by atoms with Crippen molar-refractivity contribution in [2.45, 2.75) is 13.0 Å². The standard InChI is InChI=1S/C17H16BrN3O4/c1-11(16(22)23)25-15-8-2-12(3-9-15)10-19-21-17(24)20-14-6-4-13(18)5-7-14/h2-11H,1H3,(H,22,23)(H2,20,21,24)/b19-10+/t11-/m0/s1. The van der Waals surface area contributed by atoms with Crippen LogP contribution in [0.5, 0.6) is 5.75 Å². The van der Waals surface area contributed by atoms with Crippen molar-refractivity contribution >= 4 is 39.8 Å². The van der Waals surface area contributed by atoms with E-state index in [4.69, 9.17) is 9.84 Å². The van der Waals surface area contributed by atoms with Gasteiger partial charge in [-0.2, -0.15) is 5.10 Å². The van der Waals surface area contributed by atoms with Gasteiger partial charge in [0, 0.05) is 10.2 Å². The molecule has 7 nitrogen and oxygen atoms in total. The Labute approximate surface area is 152 Å². The van der Waals surface area contributed by atoms with Crippen LogP contribution in [0.3, 0.4) is 0 Å². The summed E-state index contributed by atoms with van der Waals surface area (Å²) in [7, 11) is 0. The highest BCUT2D eigenvalue weighted by molar-refractivity contribution is 9.10. The number of carbonyl (C=O) groups is 2. The third-order valence-electron chi connectivity index (χ3n) is 3.02. The Hall–Kier alpha value is -2.87. The molecule has 25 heavy (non-hydrogen) atoms. The number of hydrazone groups is 1. The molecule has 2 aromatic rings. The molecule has 1 atom stereocenters. The van der Waals surface area contributed by atoms with Gasteiger partial charge < -0.3 is 15.2 Å². The lowest BCUT2D eigenvalue weighted by Crippen LogP contribution is -2.24. The normalized spacial score (nSPS) is 11.8. The first-order chi connectivity index (χ1) is 11.9. The number of hydrogen-bond donors (Lipinski definition) is 3. The van der Waals surface area contributed by atoms with Crippen LogP contribution in [0.2, 0.25) is 0 Å². The monoisotopic (exact) mass is 405 g/mol. The van der Waals surface area contributed by atoms with Crippen LogP contribution in [0.1, 0.15) is 12.5 Å². The molecule has 3 N–H and O–H groups in total. The van der Waals surface area contributed by atoms with Gasteiger partial charge in [0.1, 0.15) is 5.75 Å². The highest BCUT2D eigenvalue weighted by Crippen LogP contribution is 2.14. The summed E-state index contributed by atoms with van der Waals surface area (Å²) in [6, 6.07) is 13.3. The number of anilines is 1. The van der Waals surface area contributed by atoms with Crippen LogP contribution in [-0.2, 0) is 4.79 Å². The fraction of sp³-hybridized carbons (Fsp3) is 0.118. The minimum absolute atomic E-state index is 0.438. The summed E-state index contributed by atoms with van der Waals surface area (Å²) < 4.78 is 6.14. The lowest BCUT2D eigenvalue weighted by Gasteiger charge is -2.09. The lowest BCUT2D eigenvalue weighted by molar-refractivity contribution is -0.144. The van der Waals surface area contributed by atoms with E-state index in [-0.39, 0.29) is 0 Å². The van der Waals surface area contributed by atoms with E-state index in [0.717, 1.165) is 10.0 Å². The number of carboxylic acids is 1. The maximum Gasteiger partial charge on any atom is 0.344 e. The maximum absolute atomic E-state index is 11.7. The largest absolute Gasteiger partial charge is 0.479 e. The Kier molecular flexibility index (Phi) is 6.53. The molecule has 2 rings (SSSR count). The maximum atomic E-state index is 11.7. The number of amides is 2. The van der Waals surface area contributed by atoms with E-state index < -0.39 is 18.1 Å². The van der Waals surface area contributed by atoms with E-state index in [2.05, 4.69) is 31.8 Å². The molecule has 0 radical (unpaired) electrons. The smallest absolute Gasteiger partial charge is 0.344 e. The molecule has 0 bridgehead atoms. The second kappa shape index (κ2) is 8.84. The van der Waals surface area contributed by atoms with Crippen molar-refractivity contribution in [1.29, 1.82) is 0 Å². The summed E-state index contributed by atoms with van der Waals surface area (Å²) in [4.78, 5) is 22.4. The van der Waals surface area contributed by atoms with Gasteiger partial charge in [0.25, 0.3) is 0 Å². The van der Waals surface area contributed by atoms with Crippen LogP contribution in [-0.4, -0.2) is 29.4 Å². The fourth-order valence-corrected chi connectivity index (χ4v) is 2.01. The van der Waals surface area contributed by atoms with Crippen molar-refractivity contribution in [1.82, 2.24) is 5.43 Å². The number of nitrogens with one attached hydrogen (secondary N) is 2. The molecule has 0 spiro atoms. The number of aliphatic carboxylic acids is 1. The van der Waals surface area contributed by atoms with Crippen LogP contribution >= 0.6 is 15.9 Å². The molecule has 0 aliphatic heterocycles. The summed E-state index contributed by atoms with van der Waals surface area (Å²) in [5.74, 6) is -0.598.